The molecule has 1 aromatic carbocycles. The molecule has 0 heterocycles. The predicted molar refractivity (Wildman–Crippen MR) is 76.8 cm³/mol. The van der Waals surface area contributed by atoms with E-state index in [1.54, 1.807) is 0 Å². The van der Waals surface area contributed by atoms with Crippen molar-refractivity contribution in [3.05, 3.63) is 35.4 Å². The topological polar surface area (TPSA) is 20.2 Å². The molecule has 1 aliphatic rings. The first kappa shape index (κ1) is 13.6. The fourth-order valence-electron chi connectivity index (χ4n) is 3.19. The maximum absolute atomic E-state index is 10.7. The molecule has 2 unspecified atom stereocenters. The summed E-state index contributed by atoms with van der Waals surface area (Å²) in [6, 6.07) is 8.78. The molecule has 0 amide bonds. The average molecular weight is 246 g/mol. The van der Waals surface area contributed by atoms with Gasteiger partial charge in [0, 0.05) is 6.42 Å². The van der Waals surface area contributed by atoms with E-state index in [0.29, 0.717) is 11.8 Å². The van der Waals surface area contributed by atoms with Crippen LogP contribution in [0.2, 0.25) is 0 Å². The summed E-state index contributed by atoms with van der Waals surface area (Å²) in [6.45, 7) is 6.68. The maximum atomic E-state index is 10.7. The highest BCUT2D eigenvalue weighted by atomic mass is 16.3. The third-order valence-corrected chi connectivity index (χ3v) is 4.25. The lowest BCUT2D eigenvalue weighted by Gasteiger charge is -2.35. The summed E-state index contributed by atoms with van der Waals surface area (Å²) in [5.74, 6) is 1.25. The van der Waals surface area contributed by atoms with Gasteiger partial charge in [-0.1, -0.05) is 57.9 Å². The molecular weight excluding hydrogens is 220 g/mol. The first-order valence-electron chi connectivity index (χ1n) is 7.30. The van der Waals surface area contributed by atoms with Crippen LogP contribution in [0, 0.1) is 5.92 Å². The van der Waals surface area contributed by atoms with Crippen LogP contribution in [0.15, 0.2) is 24.3 Å². The summed E-state index contributed by atoms with van der Waals surface area (Å²) in [5.41, 5.74) is 2.19. The highest BCUT2D eigenvalue weighted by Crippen LogP contribution is 2.34. The summed E-state index contributed by atoms with van der Waals surface area (Å²) in [7, 11) is 0. The van der Waals surface area contributed by atoms with Crippen LogP contribution in [-0.2, 0) is 6.42 Å². The van der Waals surface area contributed by atoms with Gasteiger partial charge in [-0.2, -0.15) is 0 Å². The highest BCUT2D eigenvalue weighted by Gasteiger charge is 2.32. The van der Waals surface area contributed by atoms with Gasteiger partial charge < -0.3 is 5.11 Å². The van der Waals surface area contributed by atoms with Gasteiger partial charge in [-0.15, -0.1) is 0 Å². The van der Waals surface area contributed by atoms with Crippen LogP contribution < -0.4 is 0 Å². The minimum absolute atomic E-state index is 0.461. The van der Waals surface area contributed by atoms with Crippen molar-refractivity contribution in [1.82, 2.24) is 0 Å². The molecule has 0 spiro atoms. The summed E-state index contributed by atoms with van der Waals surface area (Å²) in [6.07, 6.45) is 5.17. The van der Waals surface area contributed by atoms with Gasteiger partial charge in [0.05, 0.1) is 5.60 Å². The number of hydrogen-bond acceptors (Lipinski definition) is 1. The Balaban J connectivity index is 2.04. The molecule has 0 bridgehead atoms. The van der Waals surface area contributed by atoms with Crippen LogP contribution in [0.3, 0.4) is 0 Å². The van der Waals surface area contributed by atoms with Gasteiger partial charge in [-0.25, -0.2) is 0 Å². The van der Waals surface area contributed by atoms with Gasteiger partial charge >= 0.3 is 0 Å². The van der Waals surface area contributed by atoms with Crippen molar-refractivity contribution < 1.29 is 5.11 Å². The van der Waals surface area contributed by atoms with Crippen molar-refractivity contribution in [2.75, 3.05) is 0 Å². The fraction of sp³-hybridized carbons (Fsp3) is 0.647. The molecule has 1 N–H and O–H groups in total. The first-order chi connectivity index (χ1) is 8.48. The number of hydrogen-bond donors (Lipinski definition) is 1. The molecule has 100 valence electrons. The van der Waals surface area contributed by atoms with Crippen LogP contribution in [0.1, 0.15) is 63.5 Å². The van der Waals surface area contributed by atoms with Crippen molar-refractivity contribution in [2.24, 2.45) is 5.92 Å². The van der Waals surface area contributed by atoms with Gasteiger partial charge in [0.1, 0.15) is 0 Å². The predicted octanol–water partition coefficient (Wildman–Crippen LogP) is 4.29. The molecule has 0 radical (unpaired) electrons. The minimum Gasteiger partial charge on any atom is -0.390 e. The van der Waals surface area contributed by atoms with Crippen molar-refractivity contribution >= 4 is 0 Å². The monoisotopic (exact) mass is 246 g/mol. The van der Waals surface area contributed by atoms with Crippen molar-refractivity contribution in [3.63, 3.8) is 0 Å². The lowest BCUT2D eigenvalue weighted by molar-refractivity contribution is -0.0123. The molecule has 1 nitrogen and oxygen atoms in total. The normalized spacial score (nSPS) is 28.6. The molecule has 1 heteroatoms. The Hall–Kier alpha value is -0.820. The zero-order valence-electron chi connectivity index (χ0n) is 11.9. The molecule has 0 saturated heterocycles. The van der Waals surface area contributed by atoms with Gasteiger partial charge in [0.15, 0.2) is 0 Å². The summed E-state index contributed by atoms with van der Waals surface area (Å²) < 4.78 is 0. The largest absolute Gasteiger partial charge is 0.390 e. The van der Waals surface area contributed by atoms with E-state index in [1.165, 1.54) is 24.0 Å². The van der Waals surface area contributed by atoms with E-state index in [-0.39, 0.29) is 0 Å². The van der Waals surface area contributed by atoms with Gasteiger partial charge in [0.25, 0.3) is 0 Å². The van der Waals surface area contributed by atoms with E-state index in [0.717, 1.165) is 19.3 Å². The molecule has 0 aromatic heterocycles. The van der Waals surface area contributed by atoms with Gasteiger partial charge in [-0.05, 0) is 35.8 Å². The fourth-order valence-corrected chi connectivity index (χ4v) is 3.19. The summed E-state index contributed by atoms with van der Waals surface area (Å²) >= 11 is 0. The van der Waals surface area contributed by atoms with Gasteiger partial charge in [0.2, 0.25) is 0 Å². The highest BCUT2D eigenvalue weighted by molar-refractivity contribution is 5.25. The molecule has 2 atom stereocenters. The Labute approximate surface area is 111 Å². The number of benzene rings is 1. The SMILES string of the molecule is CC1CCCC(O)(Cc2ccc(C(C)C)cc2)C1. The van der Waals surface area contributed by atoms with E-state index >= 15 is 0 Å². The van der Waals surface area contributed by atoms with Crippen LogP contribution >= 0.6 is 0 Å². The molecule has 1 fully saturated rings. The molecule has 1 aliphatic carbocycles. The number of aliphatic hydroxyl groups is 1. The molecule has 18 heavy (non-hydrogen) atoms. The summed E-state index contributed by atoms with van der Waals surface area (Å²) in [4.78, 5) is 0. The summed E-state index contributed by atoms with van der Waals surface area (Å²) in [5, 5.41) is 10.7. The lowest BCUT2D eigenvalue weighted by Crippen LogP contribution is -2.36. The second-order valence-electron chi connectivity index (χ2n) is 6.50. The van der Waals surface area contributed by atoms with Crippen molar-refractivity contribution in [3.8, 4) is 0 Å². The third kappa shape index (κ3) is 3.35. The Morgan fingerprint density at radius 3 is 2.50 bits per heavy atom. The maximum Gasteiger partial charge on any atom is 0.0690 e. The standard InChI is InChI=1S/C17H26O/c1-13(2)16-8-6-15(7-9-16)12-17(18)10-4-5-14(3)11-17/h6-9,13-14,18H,4-5,10-12H2,1-3H3. The molecule has 0 aliphatic heterocycles. The van der Waals surface area contributed by atoms with Crippen LogP contribution in [0.5, 0.6) is 0 Å². The van der Waals surface area contributed by atoms with Crippen LogP contribution in [-0.4, -0.2) is 10.7 Å². The average Bonchev–Trinajstić information content (AvgIpc) is 2.28. The molecule has 1 saturated carbocycles. The van der Waals surface area contributed by atoms with Crippen LogP contribution in [0.4, 0.5) is 0 Å². The Morgan fingerprint density at radius 2 is 1.94 bits per heavy atom. The number of rotatable bonds is 3. The van der Waals surface area contributed by atoms with Gasteiger partial charge in [-0.3, -0.25) is 0 Å². The van der Waals surface area contributed by atoms with E-state index < -0.39 is 5.60 Å². The second kappa shape index (κ2) is 5.44. The lowest BCUT2D eigenvalue weighted by atomic mass is 9.76. The van der Waals surface area contributed by atoms with E-state index in [4.69, 9.17) is 0 Å². The Bertz CT molecular complexity index is 379. The van der Waals surface area contributed by atoms with Crippen molar-refractivity contribution in [2.45, 2.75) is 64.4 Å². The quantitative estimate of drug-likeness (QED) is 0.843. The van der Waals surface area contributed by atoms with E-state index in [2.05, 4.69) is 45.0 Å². The molecule has 2 rings (SSSR count). The Morgan fingerprint density at radius 1 is 1.28 bits per heavy atom. The first-order valence-corrected chi connectivity index (χ1v) is 7.30. The second-order valence-corrected chi connectivity index (χ2v) is 6.50. The Kier molecular flexibility index (Phi) is 4.11. The van der Waals surface area contributed by atoms with E-state index in [9.17, 15) is 5.11 Å². The zero-order valence-corrected chi connectivity index (χ0v) is 11.9. The molecule has 1 aromatic rings. The minimum atomic E-state index is -0.461. The third-order valence-electron chi connectivity index (χ3n) is 4.25. The van der Waals surface area contributed by atoms with Crippen molar-refractivity contribution in [1.29, 1.82) is 0 Å². The smallest absolute Gasteiger partial charge is 0.0690 e. The van der Waals surface area contributed by atoms with E-state index in [1.807, 2.05) is 0 Å². The van der Waals surface area contributed by atoms with Crippen LogP contribution in [0.25, 0.3) is 0 Å². The zero-order chi connectivity index (χ0) is 13.2. The molecular formula is C17H26O.